The summed E-state index contributed by atoms with van der Waals surface area (Å²) < 4.78 is 13.2. The number of carbonyl (C=O) groups excluding carboxylic acids is 2. The van der Waals surface area contributed by atoms with E-state index < -0.39 is 23.7 Å². The Kier molecular flexibility index (Phi) is 5.20. The highest BCUT2D eigenvalue weighted by Gasteiger charge is 2.17. The maximum absolute atomic E-state index is 13.2. The van der Waals surface area contributed by atoms with Crippen LogP contribution in [0.25, 0.3) is 0 Å². The van der Waals surface area contributed by atoms with Crippen LogP contribution in [0.3, 0.4) is 0 Å². The van der Waals surface area contributed by atoms with Crippen LogP contribution in [-0.2, 0) is 4.79 Å². The molecule has 0 aliphatic heterocycles. The molecule has 9 nitrogen and oxygen atoms in total. The highest BCUT2D eigenvalue weighted by Crippen LogP contribution is 2.19. The van der Waals surface area contributed by atoms with Gasteiger partial charge in [-0.2, -0.15) is 0 Å². The minimum absolute atomic E-state index is 0.000719. The fourth-order valence-corrected chi connectivity index (χ4v) is 1.90. The zero-order valence-electron chi connectivity index (χ0n) is 12.8. The Bertz CT molecular complexity index is 769. The van der Waals surface area contributed by atoms with Gasteiger partial charge < -0.3 is 22.1 Å². The number of nitrogens with two attached hydrogens (primary N) is 2. The summed E-state index contributed by atoms with van der Waals surface area (Å²) in [5, 5.41) is 5.52. The van der Waals surface area contributed by atoms with E-state index in [1.54, 1.807) is 6.92 Å². The molecule has 2 rings (SSSR count). The molecule has 10 heteroatoms. The lowest BCUT2D eigenvalue weighted by Crippen LogP contribution is -2.35. The fraction of sp³-hybridized carbons (Fsp3) is 0.214. The molecule has 24 heavy (non-hydrogen) atoms. The van der Waals surface area contributed by atoms with Crippen molar-refractivity contribution in [1.29, 1.82) is 0 Å². The molecule has 1 atom stereocenters. The van der Waals surface area contributed by atoms with Crippen LogP contribution in [0.15, 0.2) is 24.7 Å². The first-order valence-electron chi connectivity index (χ1n) is 7.01. The van der Waals surface area contributed by atoms with Crippen molar-refractivity contribution in [3.63, 3.8) is 0 Å². The lowest BCUT2D eigenvalue weighted by molar-refractivity contribution is -0.118. The summed E-state index contributed by atoms with van der Waals surface area (Å²) in [4.78, 5) is 34.5. The van der Waals surface area contributed by atoms with Crippen LogP contribution in [0.4, 0.5) is 21.7 Å². The number of amides is 2. The fourth-order valence-electron chi connectivity index (χ4n) is 1.90. The van der Waals surface area contributed by atoms with Crippen molar-refractivity contribution < 1.29 is 14.0 Å². The van der Waals surface area contributed by atoms with E-state index in [1.807, 2.05) is 0 Å². The molecule has 0 aliphatic rings. The lowest BCUT2D eigenvalue weighted by atomic mass is 10.2. The first kappa shape index (κ1) is 17.1. The topological polar surface area (TPSA) is 149 Å². The predicted molar refractivity (Wildman–Crippen MR) is 84.9 cm³/mol. The number of aromatic nitrogens is 3. The predicted octanol–water partition coefficient (Wildman–Crippen LogP) is 0.529. The Morgan fingerprint density at radius 2 is 2.04 bits per heavy atom. The van der Waals surface area contributed by atoms with Gasteiger partial charge in [-0.05, 0) is 6.42 Å². The molecule has 2 aromatic heterocycles. The third kappa shape index (κ3) is 4.12. The van der Waals surface area contributed by atoms with Gasteiger partial charge in [0.1, 0.15) is 17.7 Å². The number of carbonyl (C=O) groups is 2. The minimum Gasteiger partial charge on any atom is -0.368 e. The lowest BCUT2D eigenvalue weighted by Gasteiger charge is -2.15. The molecular weight excluding hydrogens is 317 g/mol. The van der Waals surface area contributed by atoms with Gasteiger partial charge in [0.15, 0.2) is 11.5 Å². The van der Waals surface area contributed by atoms with Gasteiger partial charge in [0.25, 0.3) is 5.91 Å². The maximum atomic E-state index is 13.2. The van der Waals surface area contributed by atoms with Crippen LogP contribution in [-0.4, -0.2) is 32.8 Å². The summed E-state index contributed by atoms with van der Waals surface area (Å²) in [6.45, 7) is 1.77. The third-order valence-electron chi connectivity index (χ3n) is 3.05. The number of pyridine rings is 1. The smallest absolute Gasteiger partial charge is 0.271 e. The van der Waals surface area contributed by atoms with E-state index in [1.165, 1.54) is 12.4 Å². The average Bonchev–Trinajstić information content (AvgIpc) is 2.52. The van der Waals surface area contributed by atoms with Crippen molar-refractivity contribution in [2.75, 3.05) is 10.6 Å². The van der Waals surface area contributed by atoms with Crippen molar-refractivity contribution in [1.82, 2.24) is 15.0 Å². The van der Waals surface area contributed by atoms with Crippen LogP contribution in [0, 0.1) is 5.82 Å². The second-order valence-electron chi connectivity index (χ2n) is 4.84. The molecule has 0 saturated carbocycles. The number of primary amides is 2. The Balaban J connectivity index is 2.34. The summed E-state index contributed by atoms with van der Waals surface area (Å²) in [5.74, 6) is -1.73. The number of hydrogen-bond donors (Lipinski definition) is 4. The Morgan fingerprint density at radius 3 is 2.62 bits per heavy atom. The molecule has 2 heterocycles. The standard InChI is InChI=1S/C14H16FN7O2/c1-2-9(12(16)23)21-10-6-19-11(13(17)24)14(22-10)20-8-3-7(15)4-18-5-8/h3-6,9H,2H2,1H3,(H2,16,23)(H2,17,24)(H2,20,21,22)/t9-/m1/s1. The number of nitrogens with one attached hydrogen (secondary N) is 2. The number of halogens is 1. The third-order valence-corrected chi connectivity index (χ3v) is 3.05. The van der Waals surface area contributed by atoms with E-state index in [4.69, 9.17) is 11.5 Å². The number of rotatable bonds is 7. The molecular formula is C14H16FN7O2. The van der Waals surface area contributed by atoms with Gasteiger partial charge in [0.05, 0.1) is 24.3 Å². The quantitative estimate of drug-likeness (QED) is 0.577. The van der Waals surface area contributed by atoms with E-state index in [0.29, 0.717) is 6.42 Å². The summed E-state index contributed by atoms with van der Waals surface area (Å²) in [6.07, 6.45) is 4.06. The number of hydrogen-bond acceptors (Lipinski definition) is 7. The monoisotopic (exact) mass is 333 g/mol. The van der Waals surface area contributed by atoms with Gasteiger partial charge in [-0.1, -0.05) is 6.92 Å². The van der Waals surface area contributed by atoms with Crippen LogP contribution >= 0.6 is 0 Å². The maximum Gasteiger partial charge on any atom is 0.271 e. The molecule has 0 radical (unpaired) electrons. The average molecular weight is 333 g/mol. The highest BCUT2D eigenvalue weighted by atomic mass is 19.1. The second kappa shape index (κ2) is 7.31. The second-order valence-corrected chi connectivity index (χ2v) is 4.84. The Labute approximate surface area is 136 Å². The Hall–Kier alpha value is -3.30. The molecule has 2 aromatic rings. The minimum atomic E-state index is -0.817. The van der Waals surface area contributed by atoms with Crippen LogP contribution < -0.4 is 22.1 Å². The molecule has 0 aromatic carbocycles. The van der Waals surface area contributed by atoms with Crippen molar-refractivity contribution in [3.8, 4) is 0 Å². The van der Waals surface area contributed by atoms with E-state index >= 15 is 0 Å². The largest absolute Gasteiger partial charge is 0.368 e. The first-order chi connectivity index (χ1) is 11.4. The van der Waals surface area contributed by atoms with Crippen LogP contribution in [0.2, 0.25) is 0 Å². The number of nitrogens with zero attached hydrogens (tertiary/aromatic N) is 3. The summed E-state index contributed by atoms with van der Waals surface area (Å²) in [6, 6.07) is 0.514. The first-order valence-corrected chi connectivity index (χ1v) is 7.01. The summed E-state index contributed by atoms with van der Waals surface area (Å²) in [7, 11) is 0. The van der Waals surface area contributed by atoms with Gasteiger partial charge in [-0.15, -0.1) is 0 Å². The molecule has 0 unspecified atom stereocenters. The van der Waals surface area contributed by atoms with Crippen molar-refractivity contribution in [3.05, 3.63) is 36.2 Å². The highest BCUT2D eigenvalue weighted by molar-refractivity contribution is 5.96. The number of anilines is 3. The normalized spacial score (nSPS) is 11.6. The van der Waals surface area contributed by atoms with E-state index in [0.717, 1.165) is 12.3 Å². The van der Waals surface area contributed by atoms with E-state index in [2.05, 4.69) is 25.6 Å². The SMILES string of the molecule is CC[C@@H](Nc1cnc(C(N)=O)c(Nc2cncc(F)c2)n1)C(N)=O. The van der Waals surface area contributed by atoms with Crippen LogP contribution in [0.5, 0.6) is 0 Å². The summed E-state index contributed by atoms with van der Waals surface area (Å²) in [5.41, 5.74) is 10.6. The zero-order valence-corrected chi connectivity index (χ0v) is 12.8. The molecule has 0 saturated heterocycles. The van der Waals surface area contributed by atoms with Gasteiger partial charge in [-0.3, -0.25) is 14.6 Å². The van der Waals surface area contributed by atoms with Crippen molar-refractivity contribution >= 4 is 29.1 Å². The molecule has 0 spiro atoms. The Morgan fingerprint density at radius 1 is 1.29 bits per heavy atom. The summed E-state index contributed by atoms with van der Waals surface area (Å²) >= 11 is 0. The zero-order chi connectivity index (χ0) is 17.7. The van der Waals surface area contributed by atoms with E-state index in [-0.39, 0.29) is 23.0 Å². The van der Waals surface area contributed by atoms with Gasteiger partial charge >= 0.3 is 0 Å². The molecule has 0 fully saturated rings. The van der Waals surface area contributed by atoms with E-state index in [9.17, 15) is 14.0 Å². The van der Waals surface area contributed by atoms with Gasteiger partial charge in [0.2, 0.25) is 5.91 Å². The molecule has 0 aliphatic carbocycles. The van der Waals surface area contributed by atoms with Crippen LogP contribution in [0.1, 0.15) is 23.8 Å². The molecule has 6 N–H and O–H groups in total. The van der Waals surface area contributed by atoms with Gasteiger partial charge in [-0.25, -0.2) is 14.4 Å². The van der Waals surface area contributed by atoms with Crippen molar-refractivity contribution in [2.24, 2.45) is 11.5 Å². The molecule has 0 bridgehead atoms. The molecule has 126 valence electrons. The van der Waals surface area contributed by atoms with Crippen molar-refractivity contribution in [2.45, 2.75) is 19.4 Å². The molecule has 2 amide bonds. The van der Waals surface area contributed by atoms with Gasteiger partial charge in [0, 0.05) is 6.07 Å².